The van der Waals surface area contributed by atoms with Crippen molar-refractivity contribution in [2.24, 2.45) is 5.92 Å². The molecule has 0 unspecified atom stereocenters. The van der Waals surface area contributed by atoms with Crippen molar-refractivity contribution in [3.63, 3.8) is 0 Å². The molecule has 2 aliphatic rings. The number of likely N-dealkylation sites (tertiary alicyclic amines) is 1. The van der Waals surface area contributed by atoms with Gasteiger partial charge in [-0.05, 0) is 43.9 Å². The highest BCUT2D eigenvalue weighted by Gasteiger charge is 2.47. The van der Waals surface area contributed by atoms with E-state index < -0.39 is 0 Å². The van der Waals surface area contributed by atoms with Crippen LogP contribution < -0.4 is 5.32 Å². The highest BCUT2D eigenvalue weighted by Crippen LogP contribution is 2.51. The Morgan fingerprint density at radius 3 is 2.67 bits per heavy atom. The number of nitrogens with one attached hydrogen (secondary N) is 1. The standard InChI is InChI=1S/C16H20Cl2N2O/c1-19-10-5-7-20(8-6-10)16(21)13-9-12(13)11-3-2-4-14(17)15(11)18/h2-4,10,12-13,19H,5-9H2,1H3/t12-,13-/m1/s1. The second-order valence-electron chi connectivity index (χ2n) is 5.98. The first-order valence-corrected chi connectivity index (χ1v) is 8.27. The zero-order valence-corrected chi connectivity index (χ0v) is 13.6. The number of halogens is 2. The van der Waals surface area contributed by atoms with Crippen molar-refractivity contribution in [3.8, 4) is 0 Å². The van der Waals surface area contributed by atoms with E-state index in [2.05, 4.69) is 5.32 Å². The minimum absolute atomic E-state index is 0.0899. The Hall–Kier alpha value is -0.770. The largest absolute Gasteiger partial charge is 0.342 e. The molecule has 21 heavy (non-hydrogen) atoms. The normalized spacial score (nSPS) is 26.0. The summed E-state index contributed by atoms with van der Waals surface area (Å²) < 4.78 is 0. The molecular formula is C16H20Cl2N2O. The SMILES string of the molecule is CNC1CCN(C(=O)[C@@H]2C[C@@H]2c2cccc(Cl)c2Cl)CC1. The maximum Gasteiger partial charge on any atom is 0.226 e. The van der Waals surface area contributed by atoms with E-state index in [1.165, 1.54) is 0 Å². The number of benzene rings is 1. The summed E-state index contributed by atoms with van der Waals surface area (Å²) in [6.07, 6.45) is 2.97. The number of carbonyl (C=O) groups is 1. The summed E-state index contributed by atoms with van der Waals surface area (Å²) in [6, 6.07) is 6.22. The Labute approximate surface area is 135 Å². The lowest BCUT2D eigenvalue weighted by Gasteiger charge is -2.32. The van der Waals surface area contributed by atoms with Crippen LogP contribution >= 0.6 is 23.2 Å². The van der Waals surface area contributed by atoms with E-state index in [4.69, 9.17) is 23.2 Å². The topological polar surface area (TPSA) is 32.3 Å². The van der Waals surface area contributed by atoms with Gasteiger partial charge in [0.25, 0.3) is 0 Å². The molecule has 0 bridgehead atoms. The average Bonchev–Trinajstić information content (AvgIpc) is 3.30. The molecule has 1 aromatic carbocycles. The first kappa shape index (κ1) is 15.1. The molecule has 0 aromatic heterocycles. The minimum Gasteiger partial charge on any atom is -0.342 e. The molecule has 1 heterocycles. The van der Waals surface area contributed by atoms with E-state index in [0.717, 1.165) is 37.9 Å². The van der Waals surface area contributed by atoms with Gasteiger partial charge in [-0.15, -0.1) is 0 Å². The Balaban J connectivity index is 1.63. The molecule has 1 saturated carbocycles. The fourth-order valence-corrected chi connectivity index (χ4v) is 3.69. The molecule has 1 N–H and O–H groups in total. The molecule has 0 radical (unpaired) electrons. The number of amides is 1. The molecule has 2 fully saturated rings. The molecule has 1 aliphatic heterocycles. The van der Waals surface area contributed by atoms with Crippen LogP contribution in [0.3, 0.4) is 0 Å². The lowest BCUT2D eigenvalue weighted by Crippen LogP contribution is -2.44. The van der Waals surface area contributed by atoms with Gasteiger partial charge in [-0.1, -0.05) is 35.3 Å². The molecule has 1 saturated heterocycles. The van der Waals surface area contributed by atoms with Crippen LogP contribution in [0.25, 0.3) is 0 Å². The van der Waals surface area contributed by atoms with Gasteiger partial charge in [0.05, 0.1) is 10.0 Å². The van der Waals surface area contributed by atoms with Crippen molar-refractivity contribution < 1.29 is 4.79 Å². The molecule has 3 nitrogen and oxygen atoms in total. The third kappa shape index (κ3) is 3.05. The van der Waals surface area contributed by atoms with Crippen LogP contribution in [0.5, 0.6) is 0 Å². The monoisotopic (exact) mass is 326 g/mol. The van der Waals surface area contributed by atoms with E-state index in [1.54, 1.807) is 6.07 Å². The summed E-state index contributed by atoms with van der Waals surface area (Å²) in [4.78, 5) is 14.6. The van der Waals surface area contributed by atoms with Crippen molar-refractivity contribution in [1.29, 1.82) is 0 Å². The first-order chi connectivity index (χ1) is 10.1. The van der Waals surface area contributed by atoms with Gasteiger partial charge in [-0.25, -0.2) is 0 Å². The summed E-state index contributed by atoms with van der Waals surface area (Å²) in [7, 11) is 1.99. The molecule has 0 spiro atoms. The van der Waals surface area contributed by atoms with Gasteiger partial charge in [0, 0.05) is 25.0 Å². The predicted octanol–water partition coefficient (Wildman–Crippen LogP) is 3.31. The highest BCUT2D eigenvalue weighted by molar-refractivity contribution is 6.42. The smallest absolute Gasteiger partial charge is 0.226 e. The van der Waals surface area contributed by atoms with E-state index in [-0.39, 0.29) is 17.7 Å². The van der Waals surface area contributed by atoms with E-state index >= 15 is 0 Å². The summed E-state index contributed by atoms with van der Waals surface area (Å²) in [5.74, 6) is 0.614. The van der Waals surface area contributed by atoms with Crippen LogP contribution in [0.4, 0.5) is 0 Å². The van der Waals surface area contributed by atoms with Gasteiger partial charge in [0.2, 0.25) is 5.91 Å². The van der Waals surface area contributed by atoms with E-state index in [1.807, 2.05) is 24.1 Å². The predicted molar refractivity (Wildman–Crippen MR) is 86.0 cm³/mol. The van der Waals surface area contributed by atoms with Crippen molar-refractivity contribution >= 4 is 29.1 Å². The second-order valence-corrected chi connectivity index (χ2v) is 6.77. The number of piperidine rings is 1. The Kier molecular flexibility index (Phi) is 4.43. The lowest BCUT2D eigenvalue weighted by molar-refractivity contribution is -0.133. The van der Waals surface area contributed by atoms with Crippen molar-refractivity contribution in [1.82, 2.24) is 10.2 Å². The molecule has 3 rings (SSSR count). The molecule has 1 aromatic rings. The second kappa shape index (κ2) is 6.15. The Morgan fingerprint density at radius 2 is 2.00 bits per heavy atom. The average molecular weight is 327 g/mol. The molecular weight excluding hydrogens is 307 g/mol. The Bertz CT molecular complexity index is 541. The van der Waals surface area contributed by atoms with Crippen LogP contribution in [0, 0.1) is 5.92 Å². The molecule has 1 aliphatic carbocycles. The zero-order valence-electron chi connectivity index (χ0n) is 12.1. The van der Waals surface area contributed by atoms with Gasteiger partial charge in [-0.2, -0.15) is 0 Å². The van der Waals surface area contributed by atoms with Gasteiger partial charge in [0.1, 0.15) is 0 Å². The third-order valence-electron chi connectivity index (χ3n) is 4.70. The third-order valence-corrected chi connectivity index (χ3v) is 5.54. The van der Waals surface area contributed by atoms with Gasteiger partial charge in [0.15, 0.2) is 0 Å². The van der Waals surface area contributed by atoms with Crippen LogP contribution in [0.2, 0.25) is 10.0 Å². The maximum atomic E-state index is 12.6. The van der Waals surface area contributed by atoms with E-state index in [9.17, 15) is 4.79 Å². The fraction of sp³-hybridized carbons (Fsp3) is 0.562. The summed E-state index contributed by atoms with van der Waals surface area (Å²) >= 11 is 12.3. The number of rotatable bonds is 3. The zero-order chi connectivity index (χ0) is 15.0. The highest BCUT2D eigenvalue weighted by atomic mass is 35.5. The lowest BCUT2D eigenvalue weighted by atomic mass is 10.0. The van der Waals surface area contributed by atoms with Crippen molar-refractivity contribution in [2.45, 2.75) is 31.2 Å². The molecule has 1 amide bonds. The van der Waals surface area contributed by atoms with Crippen LogP contribution in [-0.2, 0) is 4.79 Å². The molecule has 5 heteroatoms. The summed E-state index contributed by atoms with van der Waals surface area (Å²) in [5, 5.41) is 4.46. The number of hydrogen-bond donors (Lipinski definition) is 1. The van der Waals surface area contributed by atoms with Crippen LogP contribution in [-0.4, -0.2) is 37.0 Å². The van der Waals surface area contributed by atoms with Gasteiger partial charge >= 0.3 is 0 Å². The molecule has 2 atom stereocenters. The van der Waals surface area contributed by atoms with Crippen LogP contribution in [0.1, 0.15) is 30.7 Å². The summed E-state index contributed by atoms with van der Waals surface area (Å²) in [6.45, 7) is 1.72. The van der Waals surface area contributed by atoms with Gasteiger partial charge in [-0.3, -0.25) is 4.79 Å². The number of hydrogen-bond acceptors (Lipinski definition) is 2. The van der Waals surface area contributed by atoms with E-state index in [0.29, 0.717) is 16.1 Å². The van der Waals surface area contributed by atoms with Crippen molar-refractivity contribution in [2.75, 3.05) is 20.1 Å². The fourth-order valence-electron chi connectivity index (χ4n) is 3.24. The number of carbonyl (C=O) groups excluding carboxylic acids is 1. The maximum absolute atomic E-state index is 12.6. The number of nitrogens with zero attached hydrogens (tertiary/aromatic N) is 1. The quantitative estimate of drug-likeness (QED) is 0.924. The first-order valence-electron chi connectivity index (χ1n) is 7.51. The van der Waals surface area contributed by atoms with Crippen molar-refractivity contribution in [3.05, 3.63) is 33.8 Å². The van der Waals surface area contributed by atoms with Gasteiger partial charge < -0.3 is 10.2 Å². The summed E-state index contributed by atoms with van der Waals surface area (Å²) in [5.41, 5.74) is 1.02. The molecule has 114 valence electrons. The van der Waals surface area contributed by atoms with Crippen LogP contribution in [0.15, 0.2) is 18.2 Å². The minimum atomic E-state index is 0.0899. The Morgan fingerprint density at radius 1 is 1.29 bits per heavy atom.